The molecule has 4 atom stereocenters. The second kappa shape index (κ2) is 13.4. The molecule has 2 aromatic heterocycles. The molecule has 4 N–H and O–H groups in total. The molecule has 0 bridgehead atoms. The van der Waals surface area contributed by atoms with Crippen LogP contribution < -0.4 is 10.6 Å². The third-order valence-electron chi connectivity index (χ3n) is 7.74. The average molecular weight is 581 g/mol. The zero-order valence-electron chi connectivity index (χ0n) is 24.0. The van der Waals surface area contributed by atoms with Crippen molar-refractivity contribution in [2.45, 2.75) is 43.5 Å². The van der Waals surface area contributed by atoms with Crippen molar-refractivity contribution in [3.63, 3.8) is 0 Å². The molecule has 0 aliphatic carbocycles. The summed E-state index contributed by atoms with van der Waals surface area (Å²) < 4.78 is 12.9. The van der Waals surface area contributed by atoms with Gasteiger partial charge in [-0.15, -0.1) is 0 Å². The quantitative estimate of drug-likeness (QED) is 0.175. The zero-order valence-corrected chi connectivity index (χ0v) is 24.0. The lowest BCUT2D eigenvalue weighted by Gasteiger charge is -2.20. The molecule has 3 aromatic carbocycles. The Morgan fingerprint density at radius 2 is 1.51 bits per heavy atom. The Labute approximate surface area is 250 Å². The highest BCUT2D eigenvalue weighted by atomic mass is 16.6. The van der Waals surface area contributed by atoms with Gasteiger partial charge in [0.15, 0.2) is 23.2 Å². The molecule has 10 nitrogen and oxygen atoms in total. The summed E-state index contributed by atoms with van der Waals surface area (Å²) in [6.45, 7) is 1.79. The lowest BCUT2D eigenvalue weighted by molar-refractivity contribution is -0.0580. The zero-order chi connectivity index (χ0) is 29.6. The number of nitrogens with one attached hydrogen (secondary N) is 2. The minimum atomic E-state index is -1.18. The summed E-state index contributed by atoms with van der Waals surface area (Å²) in [6.07, 6.45) is -2.26. The lowest BCUT2D eigenvalue weighted by atomic mass is 9.91. The molecule has 1 saturated heterocycles. The van der Waals surface area contributed by atoms with Crippen molar-refractivity contribution in [3.8, 4) is 0 Å². The summed E-state index contributed by atoms with van der Waals surface area (Å²) in [4.78, 5) is 14.3. The number of benzene rings is 3. The van der Waals surface area contributed by atoms with Crippen molar-refractivity contribution in [1.29, 1.82) is 0 Å². The topological polar surface area (TPSA) is 127 Å². The van der Waals surface area contributed by atoms with Crippen LogP contribution in [-0.4, -0.2) is 68.3 Å². The van der Waals surface area contributed by atoms with Gasteiger partial charge in [-0.3, -0.25) is 4.57 Å². The van der Waals surface area contributed by atoms with Crippen LogP contribution in [0.2, 0.25) is 0 Å². The molecular weight excluding hydrogens is 544 g/mol. The van der Waals surface area contributed by atoms with Gasteiger partial charge in [0.2, 0.25) is 0 Å². The van der Waals surface area contributed by atoms with Crippen molar-refractivity contribution in [2.75, 3.05) is 25.6 Å². The number of nitrogens with zero attached hydrogens (tertiary/aromatic N) is 4. The maximum absolute atomic E-state index is 10.9. The van der Waals surface area contributed by atoms with Gasteiger partial charge in [0, 0.05) is 26.1 Å². The molecule has 1 aliphatic heterocycles. The minimum absolute atomic E-state index is 0.0686. The molecule has 0 radical (unpaired) electrons. The molecule has 43 heavy (non-hydrogen) atoms. The van der Waals surface area contributed by atoms with Gasteiger partial charge in [0.25, 0.3) is 0 Å². The third kappa shape index (κ3) is 6.43. The number of rotatable bonds is 12. The van der Waals surface area contributed by atoms with E-state index in [2.05, 4.69) is 52.0 Å². The van der Waals surface area contributed by atoms with Gasteiger partial charge in [-0.1, -0.05) is 91.0 Å². The number of fused-ring (bicyclic) bond motifs is 1. The van der Waals surface area contributed by atoms with Gasteiger partial charge in [0.05, 0.1) is 19.5 Å². The maximum Gasteiger partial charge on any atom is 0.168 e. The summed E-state index contributed by atoms with van der Waals surface area (Å²) in [5, 5.41) is 28.4. The first-order chi connectivity index (χ1) is 21.1. The molecule has 4 unspecified atom stereocenters. The SMILES string of the molecule is COCC1OC(n2cnc3c(NCC(c4ccccc4)c4ccccc4)nc(CNCc4ccccc4)nc32)C(O)C1O. The number of anilines is 1. The van der Waals surface area contributed by atoms with Gasteiger partial charge in [0.1, 0.15) is 24.1 Å². The Morgan fingerprint density at radius 3 is 2.16 bits per heavy atom. The van der Waals surface area contributed by atoms with E-state index in [4.69, 9.17) is 19.4 Å². The van der Waals surface area contributed by atoms with Gasteiger partial charge in [-0.05, 0) is 16.7 Å². The van der Waals surface area contributed by atoms with Crippen LogP contribution in [0, 0.1) is 0 Å². The van der Waals surface area contributed by atoms with E-state index in [0.717, 1.165) is 5.56 Å². The largest absolute Gasteiger partial charge is 0.387 e. The Bertz CT molecular complexity index is 1560. The van der Waals surface area contributed by atoms with E-state index in [-0.39, 0.29) is 12.5 Å². The predicted molar refractivity (Wildman–Crippen MR) is 163 cm³/mol. The monoisotopic (exact) mass is 580 g/mol. The first-order valence-corrected chi connectivity index (χ1v) is 14.4. The minimum Gasteiger partial charge on any atom is -0.387 e. The highest BCUT2D eigenvalue weighted by Gasteiger charge is 2.44. The number of aromatic nitrogens is 4. The molecule has 6 rings (SSSR count). The van der Waals surface area contributed by atoms with E-state index in [1.807, 2.05) is 54.6 Å². The summed E-state index contributed by atoms with van der Waals surface area (Å²) in [7, 11) is 1.53. The number of aliphatic hydroxyl groups is 2. The molecule has 10 heteroatoms. The molecule has 0 spiro atoms. The van der Waals surface area contributed by atoms with E-state index < -0.39 is 24.5 Å². The van der Waals surface area contributed by atoms with Gasteiger partial charge in [-0.2, -0.15) is 0 Å². The van der Waals surface area contributed by atoms with Gasteiger partial charge >= 0.3 is 0 Å². The molecule has 222 valence electrons. The normalized spacial score (nSPS) is 20.2. The summed E-state index contributed by atoms with van der Waals surface area (Å²) >= 11 is 0. The number of methoxy groups -OCH3 is 1. The Kier molecular flexibility index (Phi) is 9.01. The van der Waals surface area contributed by atoms with Crippen LogP contribution in [0.1, 0.15) is 34.7 Å². The van der Waals surface area contributed by atoms with Crippen LogP contribution in [0.4, 0.5) is 5.82 Å². The van der Waals surface area contributed by atoms with E-state index in [0.29, 0.717) is 42.4 Å². The fourth-order valence-corrected chi connectivity index (χ4v) is 5.52. The molecule has 1 aliphatic rings. The van der Waals surface area contributed by atoms with Crippen LogP contribution in [0.3, 0.4) is 0 Å². The second-order valence-corrected chi connectivity index (χ2v) is 10.7. The Balaban J connectivity index is 1.32. The smallest absolute Gasteiger partial charge is 0.168 e. The van der Waals surface area contributed by atoms with Crippen LogP contribution in [-0.2, 0) is 22.6 Å². The van der Waals surface area contributed by atoms with E-state index >= 15 is 0 Å². The first-order valence-electron chi connectivity index (χ1n) is 14.4. The first kappa shape index (κ1) is 28.9. The predicted octanol–water partition coefficient (Wildman–Crippen LogP) is 3.63. The fraction of sp³-hybridized carbons (Fsp3) is 0.303. The number of aliphatic hydroxyl groups excluding tert-OH is 2. The molecule has 5 aromatic rings. The van der Waals surface area contributed by atoms with Crippen molar-refractivity contribution >= 4 is 17.0 Å². The molecular formula is C33H36N6O4. The lowest BCUT2D eigenvalue weighted by Crippen LogP contribution is -2.33. The van der Waals surface area contributed by atoms with Crippen molar-refractivity contribution in [3.05, 3.63) is 120 Å². The number of imidazole rings is 1. The highest BCUT2D eigenvalue weighted by molar-refractivity contribution is 5.83. The Hall–Kier alpha value is -4.19. The maximum atomic E-state index is 10.9. The fourth-order valence-electron chi connectivity index (χ4n) is 5.52. The summed E-state index contributed by atoms with van der Waals surface area (Å²) in [5.41, 5.74) is 4.57. The van der Waals surface area contributed by atoms with Crippen LogP contribution >= 0.6 is 0 Å². The second-order valence-electron chi connectivity index (χ2n) is 10.7. The molecule has 3 heterocycles. The van der Waals surface area contributed by atoms with Crippen LogP contribution in [0.5, 0.6) is 0 Å². The number of ether oxygens (including phenoxy) is 2. The van der Waals surface area contributed by atoms with Gasteiger partial charge < -0.3 is 30.3 Å². The highest BCUT2D eigenvalue weighted by Crippen LogP contribution is 2.33. The van der Waals surface area contributed by atoms with Crippen molar-refractivity contribution in [1.82, 2.24) is 24.8 Å². The number of hydrogen-bond acceptors (Lipinski definition) is 9. The molecule has 0 saturated carbocycles. The van der Waals surface area contributed by atoms with Crippen LogP contribution in [0.15, 0.2) is 97.3 Å². The Morgan fingerprint density at radius 1 is 0.860 bits per heavy atom. The van der Waals surface area contributed by atoms with E-state index in [9.17, 15) is 10.2 Å². The number of hydrogen-bond donors (Lipinski definition) is 4. The standard InChI is InChI=1S/C33H36N6O4/c1-42-20-26-29(40)30(41)33(43-26)39-21-36-28-31(37-27(38-32(28)39)19-34-17-22-11-5-2-6-12-22)35-18-25(23-13-7-3-8-14-23)24-15-9-4-10-16-24/h2-16,21,25-26,29-30,33-34,40-41H,17-20H2,1H3,(H,35,37,38). The summed E-state index contributed by atoms with van der Waals surface area (Å²) in [5.74, 6) is 1.21. The average Bonchev–Trinajstić information content (AvgIpc) is 3.59. The summed E-state index contributed by atoms with van der Waals surface area (Å²) in [6, 6.07) is 30.9. The van der Waals surface area contributed by atoms with Crippen molar-refractivity contribution < 1.29 is 19.7 Å². The van der Waals surface area contributed by atoms with Gasteiger partial charge in [-0.25, -0.2) is 15.0 Å². The third-order valence-corrected chi connectivity index (χ3v) is 7.74. The van der Waals surface area contributed by atoms with Crippen LogP contribution in [0.25, 0.3) is 11.2 Å². The molecule has 1 fully saturated rings. The molecule has 0 amide bonds. The van der Waals surface area contributed by atoms with E-state index in [1.165, 1.54) is 18.2 Å². The van der Waals surface area contributed by atoms with Crippen molar-refractivity contribution in [2.24, 2.45) is 0 Å². The van der Waals surface area contributed by atoms with E-state index in [1.54, 1.807) is 10.9 Å².